The van der Waals surface area contributed by atoms with E-state index in [0.717, 1.165) is 25.9 Å². The van der Waals surface area contributed by atoms with Gasteiger partial charge in [0.15, 0.2) is 0 Å². The van der Waals surface area contributed by atoms with E-state index in [1.54, 1.807) is 4.90 Å². The molecular formula is C16H26N2O4. The molecule has 4 aliphatic rings. The predicted molar refractivity (Wildman–Crippen MR) is 80.3 cm³/mol. The van der Waals surface area contributed by atoms with Crippen LogP contribution in [-0.4, -0.2) is 54.3 Å². The molecule has 0 aromatic heterocycles. The molecule has 1 aliphatic carbocycles. The maximum absolute atomic E-state index is 12.4. The zero-order valence-electron chi connectivity index (χ0n) is 13.6. The van der Waals surface area contributed by atoms with Gasteiger partial charge >= 0.3 is 6.09 Å². The molecule has 0 aromatic carbocycles. The van der Waals surface area contributed by atoms with Gasteiger partial charge in [0, 0.05) is 25.7 Å². The third-order valence-electron chi connectivity index (χ3n) is 4.76. The number of ether oxygens (including phenoxy) is 2. The average Bonchev–Trinajstić information content (AvgIpc) is 3.09. The first kappa shape index (κ1) is 15.6. The highest BCUT2D eigenvalue weighted by atomic mass is 16.6. The molecule has 3 saturated heterocycles. The lowest BCUT2D eigenvalue weighted by atomic mass is 9.73. The molecule has 1 N–H and O–H groups in total. The van der Waals surface area contributed by atoms with Gasteiger partial charge in [0.2, 0.25) is 5.91 Å². The van der Waals surface area contributed by atoms with Crippen LogP contribution < -0.4 is 5.32 Å². The summed E-state index contributed by atoms with van der Waals surface area (Å²) in [6, 6.07) is 0.00402. The van der Waals surface area contributed by atoms with Crippen molar-refractivity contribution in [3.8, 4) is 0 Å². The van der Waals surface area contributed by atoms with E-state index in [-0.39, 0.29) is 36.0 Å². The highest BCUT2D eigenvalue weighted by Gasteiger charge is 2.57. The minimum atomic E-state index is -0.498. The number of hydrogen-bond donors (Lipinski definition) is 1. The van der Waals surface area contributed by atoms with Gasteiger partial charge in [-0.15, -0.1) is 0 Å². The van der Waals surface area contributed by atoms with Gasteiger partial charge in [-0.2, -0.15) is 0 Å². The second-order valence-corrected chi connectivity index (χ2v) is 7.60. The molecule has 6 nitrogen and oxygen atoms in total. The van der Waals surface area contributed by atoms with Crippen molar-refractivity contribution >= 4 is 12.0 Å². The van der Waals surface area contributed by atoms with Crippen LogP contribution in [0.25, 0.3) is 0 Å². The number of nitrogens with zero attached hydrogens (tertiary/aromatic N) is 1. The maximum Gasteiger partial charge on any atom is 0.410 e. The Labute approximate surface area is 131 Å². The van der Waals surface area contributed by atoms with Crippen molar-refractivity contribution in [2.75, 3.05) is 19.7 Å². The Morgan fingerprint density at radius 2 is 2.14 bits per heavy atom. The molecule has 0 spiro atoms. The molecule has 0 radical (unpaired) electrons. The standard InChI is InChI=1S/C16H26N2O4/c1-16(2,3)22-15(20)18-9-10-7-12(18)13(10)14(19)17-8-11-5-4-6-21-11/h10-13H,4-9H2,1-3H3,(H,17,19)/t10-,11+,12+,13-/m1/s1. The van der Waals surface area contributed by atoms with Crippen molar-refractivity contribution in [1.29, 1.82) is 0 Å². The van der Waals surface area contributed by atoms with E-state index in [0.29, 0.717) is 13.1 Å². The molecule has 6 heteroatoms. The van der Waals surface area contributed by atoms with Crippen molar-refractivity contribution in [1.82, 2.24) is 10.2 Å². The summed E-state index contributed by atoms with van der Waals surface area (Å²) in [5, 5.41) is 2.99. The molecule has 2 amide bonds. The molecular weight excluding hydrogens is 284 g/mol. The van der Waals surface area contributed by atoms with Crippen LogP contribution in [0.3, 0.4) is 0 Å². The van der Waals surface area contributed by atoms with Gasteiger partial charge in [-0.25, -0.2) is 4.79 Å². The Kier molecular flexibility index (Phi) is 4.05. The molecule has 4 fully saturated rings. The first-order valence-electron chi connectivity index (χ1n) is 8.24. The molecule has 0 aromatic rings. The Bertz CT molecular complexity index is 454. The van der Waals surface area contributed by atoms with E-state index < -0.39 is 5.60 Å². The van der Waals surface area contributed by atoms with E-state index in [4.69, 9.17) is 9.47 Å². The number of nitrogens with one attached hydrogen (secondary N) is 1. The normalized spacial score (nSPS) is 33.5. The molecule has 2 bridgehead atoms. The number of carbonyl (C=O) groups excluding carboxylic acids is 2. The summed E-state index contributed by atoms with van der Waals surface area (Å²) >= 11 is 0. The number of amides is 2. The number of fused-ring (bicyclic) bond motifs is 1. The SMILES string of the molecule is CC(C)(C)OC(=O)N1C[C@H]2C[C@H]1[C@@H]2C(=O)NC[C@@H]1CCCO1. The zero-order chi connectivity index (χ0) is 15.9. The second kappa shape index (κ2) is 5.72. The van der Waals surface area contributed by atoms with Gasteiger partial charge in [0.05, 0.1) is 12.0 Å². The zero-order valence-corrected chi connectivity index (χ0v) is 13.6. The Morgan fingerprint density at radius 1 is 1.36 bits per heavy atom. The molecule has 4 rings (SSSR count). The van der Waals surface area contributed by atoms with Crippen molar-refractivity contribution in [3.63, 3.8) is 0 Å². The molecule has 4 atom stereocenters. The number of carbonyl (C=O) groups is 2. The molecule has 0 unspecified atom stereocenters. The minimum absolute atomic E-state index is 0.00402. The fourth-order valence-electron chi connectivity index (χ4n) is 3.68. The average molecular weight is 310 g/mol. The van der Waals surface area contributed by atoms with Gasteiger partial charge in [-0.05, 0) is 46.0 Å². The van der Waals surface area contributed by atoms with Crippen LogP contribution >= 0.6 is 0 Å². The van der Waals surface area contributed by atoms with E-state index in [9.17, 15) is 9.59 Å². The van der Waals surface area contributed by atoms with Crippen LogP contribution in [0.15, 0.2) is 0 Å². The highest BCUT2D eigenvalue weighted by Crippen LogP contribution is 2.46. The lowest BCUT2D eigenvalue weighted by Gasteiger charge is -2.35. The second-order valence-electron chi connectivity index (χ2n) is 7.60. The lowest BCUT2D eigenvalue weighted by Crippen LogP contribution is -2.50. The molecule has 1 saturated carbocycles. The fraction of sp³-hybridized carbons (Fsp3) is 0.875. The Morgan fingerprint density at radius 3 is 2.77 bits per heavy atom. The summed E-state index contributed by atoms with van der Waals surface area (Å²) in [7, 11) is 0. The lowest BCUT2D eigenvalue weighted by molar-refractivity contribution is -0.130. The van der Waals surface area contributed by atoms with Crippen LogP contribution in [0.2, 0.25) is 0 Å². The summed E-state index contributed by atoms with van der Waals surface area (Å²) < 4.78 is 10.9. The van der Waals surface area contributed by atoms with Gasteiger partial charge < -0.3 is 19.7 Å². The summed E-state index contributed by atoms with van der Waals surface area (Å²) in [6.07, 6.45) is 2.86. The van der Waals surface area contributed by atoms with Crippen LogP contribution in [0, 0.1) is 11.8 Å². The topological polar surface area (TPSA) is 67.9 Å². The van der Waals surface area contributed by atoms with Crippen LogP contribution in [0.4, 0.5) is 4.79 Å². The third kappa shape index (κ3) is 3.07. The molecule has 22 heavy (non-hydrogen) atoms. The van der Waals surface area contributed by atoms with Crippen LogP contribution in [0.1, 0.15) is 40.0 Å². The summed E-state index contributed by atoms with van der Waals surface area (Å²) in [4.78, 5) is 26.3. The Balaban J connectivity index is 1.50. The Hall–Kier alpha value is -1.30. The number of hydrogen-bond acceptors (Lipinski definition) is 4. The van der Waals surface area contributed by atoms with Crippen molar-refractivity contribution in [3.05, 3.63) is 0 Å². The van der Waals surface area contributed by atoms with Crippen LogP contribution in [-0.2, 0) is 14.3 Å². The van der Waals surface area contributed by atoms with Crippen molar-refractivity contribution < 1.29 is 19.1 Å². The predicted octanol–water partition coefficient (Wildman–Crippen LogP) is 1.54. The van der Waals surface area contributed by atoms with E-state index in [1.807, 2.05) is 20.8 Å². The monoisotopic (exact) mass is 310 g/mol. The van der Waals surface area contributed by atoms with Gasteiger partial charge in [-0.1, -0.05) is 0 Å². The number of rotatable bonds is 3. The highest BCUT2D eigenvalue weighted by molar-refractivity contribution is 5.83. The third-order valence-corrected chi connectivity index (χ3v) is 4.76. The van der Waals surface area contributed by atoms with Gasteiger partial charge in [-0.3, -0.25) is 4.79 Å². The quantitative estimate of drug-likeness (QED) is 0.858. The molecule has 3 heterocycles. The molecule has 3 aliphatic heterocycles. The van der Waals surface area contributed by atoms with E-state index in [1.165, 1.54) is 0 Å². The van der Waals surface area contributed by atoms with Crippen molar-refractivity contribution in [2.45, 2.75) is 57.8 Å². The fourth-order valence-corrected chi connectivity index (χ4v) is 3.68. The first-order chi connectivity index (χ1) is 10.3. The minimum Gasteiger partial charge on any atom is -0.444 e. The summed E-state index contributed by atoms with van der Waals surface area (Å²) in [6.45, 7) is 7.59. The summed E-state index contributed by atoms with van der Waals surface area (Å²) in [5.74, 6) is 0.263. The maximum atomic E-state index is 12.4. The summed E-state index contributed by atoms with van der Waals surface area (Å²) in [5.41, 5.74) is -0.498. The largest absolute Gasteiger partial charge is 0.444 e. The smallest absolute Gasteiger partial charge is 0.410 e. The van der Waals surface area contributed by atoms with Gasteiger partial charge in [0.1, 0.15) is 5.60 Å². The first-order valence-corrected chi connectivity index (χ1v) is 8.24. The molecule has 124 valence electrons. The van der Waals surface area contributed by atoms with Crippen molar-refractivity contribution in [2.24, 2.45) is 11.8 Å². The van der Waals surface area contributed by atoms with E-state index in [2.05, 4.69) is 5.32 Å². The van der Waals surface area contributed by atoms with E-state index >= 15 is 0 Å². The van der Waals surface area contributed by atoms with Crippen LogP contribution in [0.5, 0.6) is 0 Å². The van der Waals surface area contributed by atoms with Gasteiger partial charge in [0.25, 0.3) is 0 Å².